The zero-order valence-electron chi connectivity index (χ0n) is 12.4. The molecule has 3 rings (SSSR count). The summed E-state index contributed by atoms with van der Waals surface area (Å²) in [4.78, 5) is 12.7. The Morgan fingerprint density at radius 1 is 1.14 bits per heavy atom. The molecule has 1 unspecified atom stereocenters. The molecule has 108 valence electrons. The summed E-state index contributed by atoms with van der Waals surface area (Å²) in [5, 5.41) is 6.22. The van der Waals surface area contributed by atoms with Crippen LogP contribution in [0.15, 0.2) is 41.8 Å². The Morgan fingerprint density at radius 3 is 2.67 bits per heavy atom. The number of hydrogen-bond donors (Lipinski definition) is 1. The van der Waals surface area contributed by atoms with Gasteiger partial charge in [-0.3, -0.25) is 0 Å². The molecule has 0 saturated carbocycles. The van der Waals surface area contributed by atoms with Gasteiger partial charge in [-0.15, -0.1) is 11.3 Å². The SMILES string of the molecule is CNc1nc(N(C)C(C)c2cccs2)c2ccccc2n1. The molecular weight excluding hydrogens is 280 g/mol. The summed E-state index contributed by atoms with van der Waals surface area (Å²) in [5.74, 6) is 1.60. The van der Waals surface area contributed by atoms with Gasteiger partial charge in [0.1, 0.15) is 5.82 Å². The summed E-state index contributed by atoms with van der Waals surface area (Å²) in [6.07, 6.45) is 0. The molecule has 1 N–H and O–H groups in total. The highest BCUT2D eigenvalue weighted by atomic mass is 32.1. The van der Waals surface area contributed by atoms with E-state index >= 15 is 0 Å². The fourth-order valence-electron chi connectivity index (χ4n) is 2.34. The van der Waals surface area contributed by atoms with E-state index < -0.39 is 0 Å². The van der Waals surface area contributed by atoms with Crippen LogP contribution in [0.4, 0.5) is 11.8 Å². The highest BCUT2D eigenvalue weighted by Gasteiger charge is 2.18. The van der Waals surface area contributed by atoms with Crippen molar-refractivity contribution in [2.45, 2.75) is 13.0 Å². The highest BCUT2D eigenvalue weighted by molar-refractivity contribution is 7.10. The van der Waals surface area contributed by atoms with Gasteiger partial charge in [0.2, 0.25) is 5.95 Å². The number of para-hydroxylation sites is 1. The van der Waals surface area contributed by atoms with Gasteiger partial charge in [-0.2, -0.15) is 4.98 Å². The first-order valence-corrected chi connectivity index (χ1v) is 7.79. The molecule has 2 heterocycles. The van der Waals surface area contributed by atoms with Crippen molar-refractivity contribution in [3.8, 4) is 0 Å². The highest BCUT2D eigenvalue weighted by Crippen LogP contribution is 2.31. The van der Waals surface area contributed by atoms with Gasteiger partial charge in [0.05, 0.1) is 11.6 Å². The van der Waals surface area contributed by atoms with Crippen molar-refractivity contribution >= 4 is 34.0 Å². The van der Waals surface area contributed by atoms with Crippen LogP contribution < -0.4 is 10.2 Å². The number of aromatic nitrogens is 2. The third kappa shape index (κ3) is 2.56. The summed E-state index contributed by atoms with van der Waals surface area (Å²) < 4.78 is 0. The molecular formula is C16H18N4S. The third-order valence-electron chi connectivity index (χ3n) is 3.68. The predicted molar refractivity (Wildman–Crippen MR) is 90.2 cm³/mol. The predicted octanol–water partition coefficient (Wildman–Crippen LogP) is 3.93. The Hall–Kier alpha value is -2.14. The molecule has 21 heavy (non-hydrogen) atoms. The van der Waals surface area contributed by atoms with Gasteiger partial charge in [0.15, 0.2) is 0 Å². The van der Waals surface area contributed by atoms with Gasteiger partial charge in [0, 0.05) is 24.4 Å². The normalized spacial score (nSPS) is 12.3. The number of rotatable bonds is 4. The van der Waals surface area contributed by atoms with E-state index in [9.17, 15) is 0 Å². The second-order valence-corrected chi connectivity index (χ2v) is 5.92. The second-order valence-electron chi connectivity index (χ2n) is 4.94. The summed E-state index contributed by atoms with van der Waals surface area (Å²) in [7, 11) is 3.93. The van der Waals surface area contributed by atoms with Gasteiger partial charge in [-0.1, -0.05) is 18.2 Å². The molecule has 0 fully saturated rings. The minimum atomic E-state index is 0.271. The van der Waals surface area contributed by atoms with E-state index in [1.54, 1.807) is 11.3 Å². The second kappa shape index (κ2) is 5.69. The number of benzene rings is 1. The van der Waals surface area contributed by atoms with Gasteiger partial charge >= 0.3 is 0 Å². The maximum absolute atomic E-state index is 4.66. The average molecular weight is 298 g/mol. The molecule has 1 atom stereocenters. The van der Waals surface area contributed by atoms with E-state index in [1.165, 1.54) is 4.88 Å². The van der Waals surface area contributed by atoms with E-state index in [4.69, 9.17) is 0 Å². The molecule has 2 aromatic heterocycles. The fourth-order valence-corrected chi connectivity index (χ4v) is 3.17. The Kier molecular flexibility index (Phi) is 3.75. The van der Waals surface area contributed by atoms with Crippen molar-refractivity contribution in [2.75, 3.05) is 24.3 Å². The van der Waals surface area contributed by atoms with Crippen LogP contribution in [0.25, 0.3) is 10.9 Å². The average Bonchev–Trinajstić information content (AvgIpc) is 3.06. The molecule has 0 radical (unpaired) electrons. The maximum Gasteiger partial charge on any atom is 0.224 e. The lowest BCUT2D eigenvalue weighted by Crippen LogP contribution is -2.22. The third-order valence-corrected chi connectivity index (χ3v) is 4.72. The maximum atomic E-state index is 4.66. The van der Waals surface area contributed by atoms with Crippen LogP contribution in [-0.2, 0) is 0 Å². The van der Waals surface area contributed by atoms with Crippen LogP contribution in [-0.4, -0.2) is 24.1 Å². The minimum absolute atomic E-state index is 0.271. The Labute approximate surface area is 128 Å². The van der Waals surface area contributed by atoms with Crippen LogP contribution in [0.5, 0.6) is 0 Å². The summed E-state index contributed by atoms with van der Waals surface area (Å²) in [5.41, 5.74) is 0.956. The van der Waals surface area contributed by atoms with E-state index in [1.807, 2.05) is 25.2 Å². The molecule has 5 heteroatoms. The summed E-state index contributed by atoms with van der Waals surface area (Å²) in [6, 6.07) is 12.6. The molecule has 0 bridgehead atoms. The number of nitrogens with one attached hydrogen (secondary N) is 1. The standard InChI is InChI=1S/C16H18N4S/c1-11(14-9-6-10-21-14)20(3)15-12-7-4-5-8-13(12)18-16(17-2)19-15/h4-11H,1-3H3,(H,17,18,19). The molecule has 3 aromatic rings. The first kappa shape index (κ1) is 13.8. The lowest BCUT2D eigenvalue weighted by Gasteiger charge is -2.26. The Morgan fingerprint density at radius 2 is 1.95 bits per heavy atom. The Balaban J connectivity index is 2.10. The number of fused-ring (bicyclic) bond motifs is 1. The summed E-state index contributed by atoms with van der Waals surface area (Å²) >= 11 is 1.77. The molecule has 0 spiro atoms. The largest absolute Gasteiger partial charge is 0.357 e. The quantitative estimate of drug-likeness (QED) is 0.792. The van der Waals surface area contributed by atoms with E-state index in [0.29, 0.717) is 5.95 Å². The molecule has 0 aliphatic rings. The fraction of sp³-hybridized carbons (Fsp3) is 0.250. The number of nitrogens with zero attached hydrogens (tertiary/aromatic N) is 3. The van der Waals surface area contributed by atoms with Crippen molar-refractivity contribution < 1.29 is 0 Å². The molecule has 0 aliphatic heterocycles. The van der Waals surface area contributed by atoms with Crippen molar-refractivity contribution in [2.24, 2.45) is 0 Å². The minimum Gasteiger partial charge on any atom is -0.357 e. The number of anilines is 2. The molecule has 0 saturated heterocycles. The zero-order valence-corrected chi connectivity index (χ0v) is 13.2. The van der Waals surface area contributed by atoms with Crippen LogP contribution in [0.2, 0.25) is 0 Å². The zero-order chi connectivity index (χ0) is 14.8. The van der Waals surface area contributed by atoms with Gasteiger partial charge < -0.3 is 10.2 Å². The topological polar surface area (TPSA) is 41.1 Å². The van der Waals surface area contributed by atoms with Crippen molar-refractivity contribution in [3.63, 3.8) is 0 Å². The van der Waals surface area contributed by atoms with Crippen LogP contribution in [0.1, 0.15) is 17.8 Å². The van der Waals surface area contributed by atoms with Crippen molar-refractivity contribution in [1.29, 1.82) is 0 Å². The molecule has 4 nitrogen and oxygen atoms in total. The van der Waals surface area contributed by atoms with Crippen LogP contribution in [0, 0.1) is 0 Å². The molecule has 0 aliphatic carbocycles. The van der Waals surface area contributed by atoms with Crippen molar-refractivity contribution in [1.82, 2.24) is 9.97 Å². The first-order valence-electron chi connectivity index (χ1n) is 6.91. The van der Waals surface area contributed by atoms with E-state index in [0.717, 1.165) is 16.7 Å². The Bertz CT molecular complexity index is 739. The number of hydrogen-bond acceptors (Lipinski definition) is 5. The first-order chi connectivity index (χ1) is 10.2. The molecule has 1 aromatic carbocycles. The lowest BCUT2D eigenvalue weighted by atomic mass is 10.2. The lowest BCUT2D eigenvalue weighted by molar-refractivity contribution is 0.745. The summed E-state index contributed by atoms with van der Waals surface area (Å²) in [6.45, 7) is 2.20. The molecule has 0 amide bonds. The van der Waals surface area contributed by atoms with Gasteiger partial charge in [-0.05, 0) is 30.5 Å². The van der Waals surface area contributed by atoms with Crippen LogP contribution in [0.3, 0.4) is 0 Å². The van der Waals surface area contributed by atoms with Crippen molar-refractivity contribution in [3.05, 3.63) is 46.7 Å². The van der Waals surface area contributed by atoms with E-state index in [-0.39, 0.29) is 6.04 Å². The van der Waals surface area contributed by atoms with Crippen LogP contribution >= 0.6 is 11.3 Å². The smallest absolute Gasteiger partial charge is 0.224 e. The monoisotopic (exact) mass is 298 g/mol. The van der Waals surface area contributed by atoms with Gasteiger partial charge in [-0.25, -0.2) is 4.98 Å². The van der Waals surface area contributed by atoms with Gasteiger partial charge in [0.25, 0.3) is 0 Å². The number of thiophene rings is 1. The van der Waals surface area contributed by atoms with E-state index in [2.05, 4.69) is 57.7 Å².